The maximum absolute atomic E-state index is 11.7. The molecule has 0 aromatic rings. The Bertz CT molecular complexity index is 294. The third-order valence-electron chi connectivity index (χ3n) is 2.01. The molecule has 17 heavy (non-hydrogen) atoms. The third-order valence-corrected chi connectivity index (χ3v) is 3.77. The van der Waals surface area contributed by atoms with E-state index in [1.54, 1.807) is 0 Å². The molecule has 1 rings (SSSR count). The van der Waals surface area contributed by atoms with Crippen molar-refractivity contribution >= 4 is 17.0 Å². The topological polar surface area (TPSA) is 85.2 Å². The van der Waals surface area contributed by atoms with Crippen LogP contribution < -0.4 is 0 Å². The molecule has 0 saturated carbocycles. The van der Waals surface area contributed by atoms with Crippen molar-refractivity contribution in [1.29, 1.82) is 0 Å². The SMILES string of the molecule is CC1C(OC(=O)OCC(F)(F)F)COS1(O)O. The highest BCUT2D eigenvalue weighted by atomic mass is 32.3. The summed E-state index contributed by atoms with van der Waals surface area (Å²) in [5.74, 6) is 0. The van der Waals surface area contributed by atoms with Gasteiger partial charge in [0.25, 0.3) is 0 Å². The fraction of sp³-hybridized carbons (Fsp3) is 0.857. The quantitative estimate of drug-likeness (QED) is 0.754. The molecule has 2 atom stereocenters. The Hall–Kier alpha value is -0.710. The summed E-state index contributed by atoms with van der Waals surface area (Å²) in [6, 6.07) is 0. The highest BCUT2D eigenvalue weighted by Gasteiger charge is 2.44. The Kier molecular flexibility index (Phi) is 4.12. The molecule has 0 spiro atoms. The molecule has 0 amide bonds. The van der Waals surface area contributed by atoms with Gasteiger partial charge in [-0.2, -0.15) is 13.2 Å². The van der Waals surface area contributed by atoms with Crippen molar-refractivity contribution in [3.63, 3.8) is 0 Å². The summed E-state index contributed by atoms with van der Waals surface area (Å²) in [6.07, 6.45) is -7.21. The lowest BCUT2D eigenvalue weighted by Crippen LogP contribution is -2.30. The van der Waals surface area contributed by atoms with Gasteiger partial charge in [0.1, 0.15) is 12.7 Å². The Morgan fingerprint density at radius 3 is 2.53 bits per heavy atom. The Morgan fingerprint density at radius 1 is 1.53 bits per heavy atom. The minimum Gasteiger partial charge on any atom is -0.427 e. The van der Waals surface area contributed by atoms with Crippen molar-refractivity contribution in [2.24, 2.45) is 0 Å². The van der Waals surface area contributed by atoms with Crippen LogP contribution in [0, 0.1) is 0 Å². The fourth-order valence-corrected chi connectivity index (χ4v) is 2.11. The number of ether oxygens (including phenoxy) is 2. The minimum atomic E-state index is -4.64. The van der Waals surface area contributed by atoms with E-state index in [9.17, 15) is 27.1 Å². The van der Waals surface area contributed by atoms with Crippen LogP contribution in [0.15, 0.2) is 0 Å². The highest BCUT2D eigenvalue weighted by Crippen LogP contribution is 2.52. The standard InChI is InChI=1S/C7H11F3O6S/c1-4-5(2-15-17(4,12)13)16-6(11)14-3-7(8,9)10/h4-5,12-13H,2-3H2,1H3. The Labute approximate surface area is 96.2 Å². The summed E-state index contributed by atoms with van der Waals surface area (Å²) in [7, 11) is -3.32. The van der Waals surface area contributed by atoms with Gasteiger partial charge in [-0.3, -0.25) is 4.18 Å². The molecule has 102 valence electrons. The average Bonchev–Trinajstić information content (AvgIpc) is 2.41. The summed E-state index contributed by atoms with van der Waals surface area (Å²) in [4.78, 5) is 10.8. The molecule has 0 aromatic carbocycles. The second kappa shape index (κ2) is 4.88. The first-order valence-corrected chi connectivity index (χ1v) is 5.97. The number of hydrogen-bond acceptors (Lipinski definition) is 6. The molecule has 0 radical (unpaired) electrons. The van der Waals surface area contributed by atoms with E-state index >= 15 is 0 Å². The number of hydrogen-bond donors (Lipinski definition) is 2. The Balaban J connectivity index is 2.38. The predicted octanol–water partition coefficient (Wildman–Crippen LogP) is 2.15. The van der Waals surface area contributed by atoms with E-state index in [4.69, 9.17) is 0 Å². The van der Waals surface area contributed by atoms with Crippen LogP contribution in [-0.2, 0) is 13.7 Å². The average molecular weight is 280 g/mol. The first-order chi connectivity index (χ1) is 7.62. The summed E-state index contributed by atoms with van der Waals surface area (Å²) in [6.45, 7) is -0.724. The number of alkyl halides is 3. The van der Waals surface area contributed by atoms with Crippen LogP contribution in [0.25, 0.3) is 0 Å². The molecule has 2 N–H and O–H groups in total. The maximum Gasteiger partial charge on any atom is 0.508 e. The second-order valence-electron chi connectivity index (χ2n) is 3.34. The molecule has 1 aliphatic heterocycles. The molecular weight excluding hydrogens is 269 g/mol. The van der Waals surface area contributed by atoms with Gasteiger partial charge in [-0.1, -0.05) is 0 Å². The lowest BCUT2D eigenvalue weighted by molar-refractivity contribution is -0.167. The van der Waals surface area contributed by atoms with Crippen LogP contribution in [-0.4, -0.2) is 46.0 Å². The van der Waals surface area contributed by atoms with E-state index in [-0.39, 0.29) is 6.61 Å². The van der Waals surface area contributed by atoms with Crippen molar-refractivity contribution in [3.8, 4) is 0 Å². The van der Waals surface area contributed by atoms with Crippen LogP contribution in [0.1, 0.15) is 6.92 Å². The van der Waals surface area contributed by atoms with Gasteiger partial charge in [0.2, 0.25) is 0 Å². The van der Waals surface area contributed by atoms with Gasteiger partial charge < -0.3 is 18.6 Å². The number of carbonyl (C=O) groups is 1. The van der Waals surface area contributed by atoms with Gasteiger partial charge in [-0.25, -0.2) is 4.79 Å². The van der Waals surface area contributed by atoms with E-state index in [1.807, 2.05) is 0 Å². The van der Waals surface area contributed by atoms with E-state index in [2.05, 4.69) is 13.7 Å². The molecule has 0 aliphatic carbocycles. The smallest absolute Gasteiger partial charge is 0.427 e. The summed E-state index contributed by atoms with van der Waals surface area (Å²) >= 11 is 0. The normalized spacial score (nSPS) is 29.8. The largest absolute Gasteiger partial charge is 0.508 e. The van der Waals surface area contributed by atoms with Crippen LogP contribution >= 0.6 is 10.9 Å². The zero-order valence-corrected chi connectivity index (χ0v) is 9.45. The number of halogens is 3. The molecule has 10 heteroatoms. The molecular formula is C7H11F3O6S. The molecule has 2 unspecified atom stereocenters. The van der Waals surface area contributed by atoms with Crippen molar-refractivity contribution in [2.75, 3.05) is 13.2 Å². The van der Waals surface area contributed by atoms with E-state index in [0.29, 0.717) is 0 Å². The first-order valence-electron chi connectivity index (χ1n) is 4.43. The number of carbonyl (C=O) groups excluding carboxylic acids is 1. The summed E-state index contributed by atoms with van der Waals surface area (Å²) in [5, 5.41) is -0.916. The summed E-state index contributed by atoms with van der Waals surface area (Å²) < 4.78 is 66.3. The van der Waals surface area contributed by atoms with Crippen molar-refractivity contribution in [1.82, 2.24) is 0 Å². The van der Waals surface area contributed by atoms with Gasteiger partial charge in [-0.15, -0.1) is 0 Å². The Morgan fingerprint density at radius 2 is 2.12 bits per heavy atom. The van der Waals surface area contributed by atoms with Gasteiger partial charge in [0.05, 0.1) is 16.1 Å². The van der Waals surface area contributed by atoms with E-state index < -0.39 is 41.2 Å². The first kappa shape index (κ1) is 14.4. The van der Waals surface area contributed by atoms with Crippen LogP contribution in [0.3, 0.4) is 0 Å². The van der Waals surface area contributed by atoms with Crippen LogP contribution in [0.2, 0.25) is 0 Å². The fourth-order valence-electron chi connectivity index (χ4n) is 1.04. The van der Waals surface area contributed by atoms with Gasteiger partial charge in [-0.05, 0) is 6.92 Å². The highest BCUT2D eigenvalue weighted by molar-refractivity contribution is 8.20. The van der Waals surface area contributed by atoms with Crippen molar-refractivity contribution in [2.45, 2.75) is 24.5 Å². The lowest BCUT2D eigenvalue weighted by atomic mass is 10.3. The maximum atomic E-state index is 11.7. The van der Waals surface area contributed by atoms with Gasteiger partial charge in [0, 0.05) is 0 Å². The molecule has 1 aliphatic rings. The molecule has 6 nitrogen and oxygen atoms in total. The number of rotatable bonds is 2. The zero-order chi connectivity index (χ0) is 13.3. The van der Waals surface area contributed by atoms with Crippen molar-refractivity contribution in [3.05, 3.63) is 0 Å². The van der Waals surface area contributed by atoms with E-state index in [1.165, 1.54) is 6.92 Å². The molecule has 1 saturated heterocycles. The van der Waals surface area contributed by atoms with Gasteiger partial charge in [0.15, 0.2) is 6.61 Å². The van der Waals surface area contributed by atoms with Crippen molar-refractivity contribution < 1.29 is 40.7 Å². The lowest BCUT2D eigenvalue weighted by Gasteiger charge is -2.25. The minimum absolute atomic E-state index is 0.301. The van der Waals surface area contributed by atoms with Crippen LogP contribution in [0.4, 0.5) is 18.0 Å². The molecule has 0 aromatic heterocycles. The molecule has 1 heterocycles. The monoisotopic (exact) mass is 280 g/mol. The molecule has 0 bridgehead atoms. The zero-order valence-electron chi connectivity index (χ0n) is 8.64. The summed E-state index contributed by atoms with van der Waals surface area (Å²) in [5.41, 5.74) is 0. The van der Waals surface area contributed by atoms with E-state index in [0.717, 1.165) is 0 Å². The second-order valence-corrected chi connectivity index (χ2v) is 5.39. The third kappa shape index (κ3) is 4.22. The van der Waals surface area contributed by atoms with Gasteiger partial charge >= 0.3 is 12.3 Å². The van der Waals surface area contributed by atoms with Crippen LogP contribution in [0.5, 0.6) is 0 Å². The predicted molar refractivity (Wildman–Crippen MR) is 50.5 cm³/mol. The molecule has 1 fully saturated rings.